The fraction of sp³-hybridized carbons (Fsp3) is 0.200. The molecule has 3 rings (SSSR count). The highest BCUT2D eigenvalue weighted by Gasteiger charge is 2.25. The first-order valence-corrected chi connectivity index (χ1v) is 5.01. The summed E-state index contributed by atoms with van der Waals surface area (Å²) >= 11 is 0. The lowest BCUT2D eigenvalue weighted by Gasteiger charge is -2.01. The molecule has 2 aromatic rings. The van der Waals surface area contributed by atoms with Crippen LogP contribution in [0.15, 0.2) is 22.8 Å². The zero-order valence-electron chi connectivity index (χ0n) is 8.53. The SMILES string of the molecule is N=C(N)n1nc(-c2ccco2)c2c1NCC2. The van der Waals surface area contributed by atoms with E-state index in [1.165, 1.54) is 4.68 Å². The summed E-state index contributed by atoms with van der Waals surface area (Å²) in [4.78, 5) is 0. The van der Waals surface area contributed by atoms with Crippen molar-refractivity contribution in [2.45, 2.75) is 6.42 Å². The van der Waals surface area contributed by atoms with E-state index >= 15 is 0 Å². The van der Waals surface area contributed by atoms with Crippen molar-refractivity contribution >= 4 is 11.8 Å². The Kier molecular flexibility index (Phi) is 1.76. The van der Waals surface area contributed by atoms with Crippen molar-refractivity contribution in [2.24, 2.45) is 5.73 Å². The first-order valence-electron chi connectivity index (χ1n) is 5.01. The van der Waals surface area contributed by atoms with E-state index in [2.05, 4.69) is 10.4 Å². The van der Waals surface area contributed by atoms with Crippen molar-refractivity contribution in [3.05, 3.63) is 24.0 Å². The molecule has 0 aromatic carbocycles. The molecule has 82 valence electrons. The summed E-state index contributed by atoms with van der Waals surface area (Å²) in [5.41, 5.74) is 7.29. The molecular weight excluding hydrogens is 206 g/mol. The van der Waals surface area contributed by atoms with Gasteiger partial charge in [-0.1, -0.05) is 0 Å². The van der Waals surface area contributed by atoms with Crippen molar-refractivity contribution in [1.29, 1.82) is 5.41 Å². The number of nitrogen functional groups attached to an aromatic ring is 1. The summed E-state index contributed by atoms with van der Waals surface area (Å²) in [5.74, 6) is 1.42. The summed E-state index contributed by atoms with van der Waals surface area (Å²) in [7, 11) is 0. The van der Waals surface area contributed by atoms with E-state index in [0.717, 1.165) is 30.0 Å². The summed E-state index contributed by atoms with van der Waals surface area (Å²) in [6.45, 7) is 0.841. The Morgan fingerprint density at radius 1 is 1.62 bits per heavy atom. The standard InChI is InChI=1S/C10H11N5O/c11-10(12)15-9-6(3-4-13-9)8(14-15)7-2-1-5-16-7/h1-2,5,13H,3-4H2,(H3,11,12). The molecule has 0 unspecified atom stereocenters. The first-order chi connectivity index (χ1) is 7.77. The van der Waals surface area contributed by atoms with Gasteiger partial charge >= 0.3 is 0 Å². The topological polar surface area (TPSA) is 92.9 Å². The second-order valence-corrected chi connectivity index (χ2v) is 3.63. The molecule has 1 aliphatic rings. The maximum atomic E-state index is 7.45. The molecule has 0 fully saturated rings. The molecule has 0 saturated heterocycles. The number of furan rings is 1. The van der Waals surface area contributed by atoms with Gasteiger partial charge in [-0.3, -0.25) is 5.41 Å². The molecule has 6 nitrogen and oxygen atoms in total. The van der Waals surface area contributed by atoms with Crippen molar-refractivity contribution < 1.29 is 4.42 Å². The lowest BCUT2D eigenvalue weighted by molar-refractivity contribution is 0.578. The summed E-state index contributed by atoms with van der Waals surface area (Å²) in [5, 5.41) is 14.9. The van der Waals surface area contributed by atoms with Gasteiger partial charge in [-0.05, 0) is 18.6 Å². The Labute approximate surface area is 91.6 Å². The van der Waals surface area contributed by atoms with Gasteiger partial charge in [0.2, 0.25) is 5.96 Å². The Balaban J connectivity index is 2.20. The van der Waals surface area contributed by atoms with Crippen LogP contribution in [0.1, 0.15) is 5.56 Å². The number of nitrogens with one attached hydrogen (secondary N) is 2. The lowest BCUT2D eigenvalue weighted by Crippen LogP contribution is -2.23. The number of nitrogens with two attached hydrogens (primary N) is 1. The summed E-state index contributed by atoms with van der Waals surface area (Å²) in [6.07, 6.45) is 2.48. The Morgan fingerprint density at radius 2 is 2.50 bits per heavy atom. The second kappa shape index (κ2) is 3.13. The van der Waals surface area contributed by atoms with Gasteiger partial charge in [-0.2, -0.15) is 9.78 Å². The number of hydrogen-bond donors (Lipinski definition) is 3. The molecule has 6 heteroatoms. The van der Waals surface area contributed by atoms with Gasteiger partial charge < -0.3 is 15.5 Å². The molecule has 3 heterocycles. The molecule has 0 spiro atoms. The normalized spacial score (nSPS) is 13.5. The largest absolute Gasteiger partial charge is 0.463 e. The number of anilines is 1. The molecular formula is C10H11N5O. The maximum Gasteiger partial charge on any atom is 0.215 e. The van der Waals surface area contributed by atoms with Crippen molar-refractivity contribution in [3.8, 4) is 11.5 Å². The molecule has 16 heavy (non-hydrogen) atoms. The molecule has 0 atom stereocenters. The quantitative estimate of drug-likeness (QED) is 0.487. The Bertz CT molecular complexity index is 540. The highest BCUT2D eigenvalue weighted by molar-refractivity contribution is 5.84. The maximum absolute atomic E-state index is 7.45. The molecule has 0 amide bonds. The molecule has 0 saturated carbocycles. The van der Waals surface area contributed by atoms with E-state index in [1.807, 2.05) is 12.1 Å². The van der Waals surface area contributed by atoms with Crippen LogP contribution in [0, 0.1) is 5.41 Å². The predicted molar refractivity (Wildman–Crippen MR) is 59.4 cm³/mol. The predicted octanol–water partition coefficient (Wildman–Crippen LogP) is 0.853. The average molecular weight is 217 g/mol. The number of aromatic nitrogens is 2. The van der Waals surface area contributed by atoms with Crippen LogP contribution in [-0.2, 0) is 6.42 Å². The minimum Gasteiger partial charge on any atom is -0.463 e. The van der Waals surface area contributed by atoms with Crippen LogP contribution in [-0.4, -0.2) is 22.3 Å². The van der Waals surface area contributed by atoms with E-state index in [9.17, 15) is 0 Å². The van der Waals surface area contributed by atoms with Crippen LogP contribution < -0.4 is 11.1 Å². The van der Waals surface area contributed by atoms with Crippen LogP contribution in [0.2, 0.25) is 0 Å². The van der Waals surface area contributed by atoms with Crippen LogP contribution in [0.3, 0.4) is 0 Å². The van der Waals surface area contributed by atoms with Gasteiger partial charge in [0, 0.05) is 12.1 Å². The van der Waals surface area contributed by atoms with E-state index in [4.69, 9.17) is 15.6 Å². The average Bonchev–Trinajstić information content (AvgIpc) is 2.93. The Morgan fingerprint density at radius 3 is 3.19 bits per heavy atom. The van der Waals surface area contributed by atoms with Crippen LogP contribution >= 0.6 is 0 Å². The molecule has 0 radical (unpaired) electrons. The van der Waals surface area contributed by atoms with Gasteiger partial charge in [-0.25, -0.2) is 0 Å². The summed E-state index contributed by atoms with van der Waals surface area (Å²) < 4.78 is 6.73. The first kappa shape index (κ1) is 9.02. The van der Waals surface area contributed by atoms with E-state index in [-0.39, 0.29) is 5.96 Å². The minimum absolute atomic E-state index is 0.0940. The van der Waals surface area contributed by atoms with Gasteiger partial charge in [0.1, 0.15) is 11.5 Å². The molecule has 1 aliphatic heterocycles. The number of fused-ring (bicyclic) bond motifs is 1. The number of nitrogens with zero attached hydrogens (tertiary/aromatic N) is 2. The van der Waals surface area contributed by atoms with Crippen molar-refractivity contribution in [2.75, 3.05) is 11.9 Å². The molecule has 0 bridgehead atoms. The number of rotatable bonds is 1. The molecule has 4 N–H and O–H groups in total. The number of hydrogen-bond acceptors (Lipinski definition) is 4. The van der Waals surface area contributed by atoms with Crippen LogP contribution in [0.5, 0.6) is 0 Å². The zero-order chi connectivity index (χ0) is 11.1. The minimum atomic E-state index is -0.0940. The van der Waals surface area contributed by atoms with Crippen molar-refractivity contribution in [3.63, 3.8) is 0 Å². The third-order valence-electron chi connectivity index (χ3n) is 2.63. The monoisotopic (exact) mass is 217 g/mol. The van der Waals surface area contributed by atoms with Crippen LogP contribution in [0.25, 0.3) is 11.5 Å². The smallest absolute Gasteiger partial charge is 0.215 e. The van der Waals surface area contributed by atoms with Gasteiger partial charge in [0.05, 0.1) is 6.26 Å². The second-order valence-electron chi connectivity index (χ2n) is 3.63. The lowest BCUT2D eigenvalue weighted by atomic mass is 10.2. The van der Waals surface area contributed by atoms with Gasteiger partial charge in [0.25, 0.3) is 0 Å². The van der Waals surface area contributed by atoms with Crippen molar-refractivity contribution in [1.82, 2.24) is 9.78 Å². The highest BCUT2D eigenvalue weighted by atomic mass is 16.3. The highest BCUT2D eigenvalue weighted by Crippen LogP contribution is 2.32. The summed E-state index contributed by atoms with van der Waals surface area (Å²) in [6, 6.07) is 3.67. The third kappa shape index (κ3) is 1.13. The molecule has 0 aliphatic carbocycles. The van der Waals surface area contributed by atoms with Gasteiger partial charge in [-0.15, -0.1) is 0 Å². The van der Waals surface area contributed by atoms with Crippen LogP contribution in [0.4, 0.5) is 5.82 Å². The van der Waals surface area contributed by atoms with E-state index < -0.39 is 0 Å². The van der Waals surface area contributed by atoms with E-state index in [1.54, 1.807) is 6.26 Å². The molecule has 2 aromatic heterocycles. The fourth-order valence-corrected chi connectivity index (χ4v) is 1.96. The third-order valence-corrected chi connectivity index (χ3v) is 2.63. The van der Waals surface area contributed by atoms with Gasteiger partial charge in [0.15, 0.2) is 5.76 Å². The van der Waals surface area contributed by atoms with E-state index in [0.29, 0.717) is 5.76 Å². The fourth-order valence-electron chi connectivity index (χ4n) is 1.96. The zero-order valence-corrected chi connectivity index (χ0v) is 8.53. The Hall–Kier alpha value is -2.24.